The summed E-state index contributed by atoms with van der Waals surface area (Å²) in [6.45, 7) is 0.214. The number of benzene rings is 1. The smallest absolute Gasteiger partial charge is 0.240 e. The summed E-state index contributed by atoms with van der Waals surface area (Å²) in [5, 5.41) is 3.61. The highest BCUT2D eigenvalue weighted by Crippen LogP contribution is 2.11. The molecule has 6 nitrogen and oxygen atoms in total. The Labute approximate surface area is 122 Å². The summed E-state index contributed by atoms with van der Waals surface area (Å²) in [4.78, 5) is 4.04. The Morgan fingerprint density at radius 1 is 1.20 bits per heavy atom. The molecule has 2 rings (SSSR count). The zero-order valence-corrected chi connectivity index (χ0v) is 12.2. The van der Waals surface area contributed by atoms with E-state index >= 15 is 0 Å². The summed E-state index contributed by atoms with van der Waals surface area (Å²) in [7, 11) is -3.51. The number of aromatic nitrogens is 2. The maximum absolute atomic E-state index is 12.0. The molecule has 0 spiro atoms. The highest BCUT2D eigenvalue weighted by atomic mass is 35.5. The van der Waals surface area contributed by atoms with Crippen molar-refractivity contribution in [2.24, 2.45) is 0 Å². The quantitative estimate of drug-likeness (QED) is 0.780. The minimum Gasteiger partial charge on any atom is -0.343 e. The molecule has 0 amide bonds. The van der Waals surface area contributed by atoms with E-state index in [1.54, 1.807) is 24.3 Å². The van der Waals surface area contributed by atoms with Crippen molar-refractivity contribution < 1.29 is 12.9 Å². The Hall–Kier alpha value is -1.44. The van der Waals surface area contributed by atoms with Crippen molar-refractivity contribution >= 4 is 21.6 Å². The fourth-order valence-corrected chi connectivity index (χ4v) is 2.88. The van der Waals surface area contributed by atoms with Gasteiger partial charge in [-0.05, 0) is 24.1 Å². The van der Waals surface area contributed by atoms with Crippen LogP contribution in [0.4, 0.5) is 0 Å². The average Bonchev–Trinajstić information content (AvgIpc) is 2.93. The van der Waals surface area contributed by atoms with Crippen molar-refractivity contribution in [3.8, 4) is 0 Å². The number of nitrogens with zero attached hydrogens (tertiary/aromatic N) is 2. The number of hydrogen-bond donors (Lipinski definition) is 1. The standard InChI is InChI=1S/C12H14ClN3O3S/c13-7-5-10-1-3-11(4-2-10)20(17,18)15-8-6-12-14-9-19-16-12/h1-4,9,15H,5-8H2. The van der Waals surface area contributed by atoms with Crippen molar-refractivity contribution in [2.75, 3.05) is 12.4 Å². The summed E-state index contributed by atoms with van der Waals surface area (Å²) in [6, 6.07) is 6.66. The maximum atomic E-state index is 12.0. The van der Waals surface area contributed by atoms with Gasteiger partial charge in [0.25, 0.3) is 0 Å². The van der Waals surface area contributed by atoms with Crippen LogP contribution in [-0.4, -0.2) is 31.0 Å². The molecule has 0 aliphatic heterocycles. The van der Waals surface area contributed by atoms with E-state index in [0.717, 1.165) is 5.56 Å². The van der Waals surface area contributed by atoms with Crippen molar-refractivity contribution in [3.05, 3.63) is 42.0 Å². The predicted molar refractivity (Wildman–Crippen MR) is 74.1 cm³/mol. The fraction of sp³-hybridized carbons (Fsp3) is 0.333. The zero-order valence-electron chi connectivity index (χ0n) is 10.6. The van der Waals surface area contributed by atoms with E-state index in [4.69, 9.17) is 11.6 Å². The second-order valence-electron chi connectivity index (χ2n) is 4.08. The Balaban J connectivity index is 1.95. The SMILES string of the molecule is O=S(=O)(NCCc1ncon1)c1ccc(CCCl)cc1. The first-order valence-corrected chi connectivity index (χ1v) is 8.03. The minimum atomic E-state index is -3.51. The van der Waals surface area contributed by atoms with Gasteiger partial charge < -0.3 is 4.52 Å². The Morgan fingerprint density at radius 2 is 1.95 bits per heavy atom. The molecule has 0 saturated carbocycles. The van der Waals surface area contributed by atoms with Gasteiger partial charge in [0.1, 0.15) is 0 Å². The first-order chi connectivity index (χ1) is 9.62. The Kier molecular flexibility index (Phi) is 5.11. The number of nitrogens with one attached hydrogen (secondary N) is 1. The molecular weight excluding hydrogens is 302 g/mol. The van der Waals surface area contributed by atoms with E-state index in [2.05, 4.69) is 19.4 Å². The second kappa shape index (κ2) is 6.83. The number of halogens is 1. The zero-order chi connectivity index (χ0) is 14.4. The molecule has 1 heterocycles. The van der Waals surface area contributed by atoms with E-state index in [0.29, 0.717) is 24.5 Å². The fourth-order valence-electron chi connectivity index (χ4n) is 1.63. The first-order valence-electron chi connectivity index (χ1n) is 6.01. The van der Waals surface area contributed by atoms with Crippen molar-refractivity contribution in [3.63, 3.8) is 0 Å². The van der Waals surface area contributed by atoms with Gasteiger partial charge in [-0.1, -0.05) is 17.3 Å². The van der Waals surface area contributed by atoms with Gasteiger partial charge in [-0.2, -0.15) is 4.98 Å². The van der Waals surface area contributed by atoms with Gasteiger partial charge in [0, 0.05) is 18.8 Å². The third-order valence-corrected chi connectivity index (χ3v) is 4.33. The Morgan fingerprint density at radius 3 is 2.55 bits per heavy atom. The molecule has 0 fully saturated rings. The van der Waals surface area contributed by atoms with E-state index in [9.17, 15) is 8.42 Å². The third-order valence-electron chi connectivity index (χ3n) is 2.66. The van der Waals surface area contributed by atoms with Crippen LogP contribution in [-0.2, 0) is 22.9 Å². The van der Waals surface area contributed by atoms with Crippen LogP contribution in [0.3, 0.4) is 0 Å². The van der Waals surface area contributed by atoms with Crippen LogP contribution in [0.25, 0.3) is 0 Å². The van der Waals surface area contributed by atoms with Crippen LogP contribution in [0.2, 0.25) is 0 Å². The van der Waals surface area contributed by atoms with Crippen LogP contribution in [0.5, 0.6) is 0 Å². The summed E-state index contributed by atoms with van der Waals surface area (Å²) in [5.41, 5.74) is 1.01. The monoisotopic (exact) mass is 315 g/mol. The predicted octanol–water partition coefficient (Wildman–Crippen LogP) is 1.37. The number of hydrogen-bond acceptors (Lipinski definition) is 5. The van der Waals surface area contributed by atoms with Crippen LogP contribution in [0.15, 0.2) is 40.1 Å². The van der Waals surface area contributed by atoms with Gasteiger partial charge in [-0.15, -0.1) is 11.6 Å². The molecule has 1 N–H and O–H groups in total. The molecule has 0 aliphatic rings. The second-order valence-corrected chi connectivity index (χ2v) is 6.22. The summed E-state index contributed by atoms with van der Waals surface area (Å²) in [6.07, 6.45) is 2.30. The Bertz CT molecular complexity index is 626. The largest absolute Gasteiger partial charge is 0.343 e. The van der Waals surface area contributed by atoms with Crippen LogP contribution >= 0.6 is 11.6 Å². The molecule has 0 unspecified atom stereocenters. The van der Waals surface area contributed by atoms with E-state index in [-0.39, 0.29) is 11.4 Å². The lowest BCUT2D eigenvalue weighted by Crippen LogP contribution is -2.26. The number of alkyl halides is 1. The lowest BCUT2D eigenvalue weighted by molar-refractivity contribution is 0.410. The van der Waals surface area contributed by atoms with Gasteiger partial charge in [0.05, 0.1) is 4.90 Å². The molecule has 20 heavy (non-hydrogen) atoms. The highest BCUT2D eigenvalue weighted by Gasteiger charge is 2.13. The lowest BCUT2D eigenvalue weighted by Gasteiger charge is -2.06. The molecular formula is C12H14ClN3O3S. The third kappa shape index (κ3) is 4.03. The topological polar surface area (TPSA) is 85.1 Å². The molecule has 0 atom stereocenters. The van der Waals surface area contributed by atoms with E-state index < -0.39 is 10.0 Å². The lowest BCUT2D eigenvalue weighted by atomic mass is 10.2. The maximum Gasteiger partial charge on any atom is 0.240 e. The summed E-state index contributed by atoms with van der Waals surface area (Å²) >= 11 is 5.63. The minimum absolute atomic E-state index is 0.214. The van der Waals surface area contributed by atoms with E-state index in [1.165, 1.54) is 6.39 Å². The number of rotatable bonds is 7. The first kappa shape index (κ1) is 15.0. The molecule has 2 aromatic rings. The average molecular weight is 316 g/mol. The molecule has 0 bridgehead atoms. The molecule has 0 saturated heterocycles. The van der Waals surface area contributed by atoms with Gasteiger partial charge in [0.15, 0.2) is 5.82 Å². The van der Waals surface area contributed by atoms with Gasteiger partial charge in [0.2, 0.25) is 16.4 Å². The van der Waals surface area contributed by atoms with Crippen molar-refractivity contribution in [2.45, 2.75) is 17.7 Å². The number of sulfonamides is 1. The molecule has 108 valence electrons. The van der Waals surface area contributed by atoms with E-state index in [1.807, 2.05) is 0 Å². The summed E-state index contributed by atoms with van der Waals surface area (Å²) in [5.74, 6) is 0.972. The highest BCUT2D eigenvalue weighted by molar-refractivity contribution is 7.89. The van der Waals surface area contributed by atoms with Gasteiger partial charge in [-0.25, -0.2) is 13.1 Å². The van der Waals surface area contributed by atoms with Crippen LogP contribution in [0.1, 0.15) is 11.4 Å². The van der Waals surface area contributed by atoms with Gasteiger partial charge in [-0.3, -0.25) is 0 Å². The van der Waals surface area contributed by atoms with Crippen molar-refractivity contribution in [1.29, 1.82) is 0 Å². The van der Waals surface area contributed by atoms with Gasteiger partial charge >= 0.3 is 0 Å². The number of aryl methyl sites for hydroxylation is 1. The molecule has 8 heteroatoms. The van der Waals surface area contributed by atoms with Crippen molar-refractivity contribution in [1.82, 2.24) is 14.9 Å². The normalized spacial score (nSPS) is 11.7. The van der Waals surface area contributed by atoms with Crippen LogP contribution < -0.4 is 4.72 Å². The molecule has 0 radical (unpaired) electrons. The summed E-state index contributed by atoms with van der Waals surface area (Å²) < 4.78 is 31.1. The molecule has 1 aromatic carbocycles. The van der Waals surface area contributed by atoms with Crippen LogP contribution in [0, 0.1) is 0 Å². The molecule has 0 aliphatic carbocycles. The molecule has 1 aromatic heterocycles.